The number of hydrogen-bond donors (Lipinski definition) is 4. The van der Waals surface area contributed by atoms with Crippen LogP contribution < -0.4 is 5.32 Å². The number of nitrogens with one attached hydrogen (secondary N) is 2. The average molecular weight is 674 g/mol. The summed E-state index contributed by atoms with van der Waals surface area (Å²) in [5.41, 5.74) is -1.64. The van der Waals surface area contributed by atoms with Gasteiger partial charge < -0.3 is 24.9 Å². The van der Waals surface area contributed by atoms with E-state index in [0.29, 0.717) is 42.5 Å². The van der Waals surface area contributed by atoms with Gasteiger partial charge in [0.2, 0.25) is 11.8 Å². The first-order valence-electron chi connectivity index (χ1n) is 15.8. The summed E-state index contributed by atoms with van der Waals surface area (Å²) in [5, 5.41) is 10.8. The molecule has 5 atom stereocenters. The first-order valence-corrected chi connectivity index (χ1v) is 18.3. The Balaban J connectivity index is 0.983. The standard InChI is InChI=1S/C31H34F2N5O6PS/c32-31(33,45(42,43)44)19-4-7-25-17(9-19)12-26(46-25)28(39)34-23-11-16-8-15(16)10-20-5-6-24(38(20)29(23)40)30(41)37-13-18(14-37)27-21-2-1-3-22(21)35-36-27/h4,7,9,12,15-16,18,20,23-24H,1-3,5-6,8,10-11,13-14H2,(H,34,39)(H,35,36)(H2,42,43,44)/t15-,16+,20+,23-,24-/m0/s1. The number of aromatic amines is 1. The van der Waals surface area contributed by atoms with Crippen LogP contribution in [0.1, 0.15) is 76.6 Å². The van der Waals surface area contributed by atoms with Gasteiger partial charge in [-0.2, -0.15) is 13.9 Å². The molecule has 0 radical (unpaired) electrons. The highest BCUT2D eigenvalue weighted by atomic mass is 32.1. The first-order chi connectivity index (χ1) is 21.9. The van der Waals surface area contributed by atoms with Crippen molar-refractivity contribution in [2.75, 3.05) is 13.1 Å². The van der Waals surface area contributed by atoms with Gasteiger partial charge in [-0.1, -0.05) is 6.07 Å². The Morgan fingerprint density at radius 3 is 2.65 bits per heavy atom. The summed E-state index contributed by atoms with van der Waals surface area (Å²) in [6.07, 6.45) is 6.79. The molecule has 1 saturated carbocycles. The molecule has 5 aliphatic rings. The zero-order valence-electron chi connectivity index (χ0n) is 24.8. The van der Waals surface area contributed by atoms with Crippen molar-refractivity contribution < 1.29 is 37.5 Å². The SMILES string of the molecule is O=C(N[C@H]1C[C@H]2C[C@H]2C[C@H]2CC[C@@H](C(=O)N3CC(c4n[nH]c5c4CCC5)C3)N2C1=O)c1cc2cc(C(F)(F)P(=O)(O)O)ccc2s1. The van der Waals surface area contributed by atoms with Gasteiger partial charge in [-0.05, 0) is 92.4 Å². The van der Waals surface area contributed by atoms with Crippen LogP contribution in [0.2, 0.25) is 0 Å². The van der Waals surface area contributed by atoms with E-state index in [4.69, 9.17) is 9.79 Å². The molecule has 3 aromatic rings. The van der Waals surface area contributed by atoms with E-state index in [2.05, 4.69) is 15.5 Å². The molecular formula is C31H34F2N5O6PS. The Hall–Kier alpha value is -3.19. The minimum absolute atomic E-state index is 0.0512. The predicted molar refractivity (Wildman–Crippen MR) is 163 cm³/mol. The molecule has 11 nitrogen and oxygen atoms in total. The van der Waals surface area contributed by atoms with Gasteiger partial charge in [-0.15, -0.1) is 11.3 Å². The van der Waals surface area contributed by atoms with Crippen LogP contribution in [0, 0.1) is 11.8 Å². The van der Waals surface area contributed by atoms with Crippen molar-refractivity contribution in [3.05, 3.63) is 51.7 Å². The third kappa shape index (κ3) is 4.91. The van der Waals surface area contributed by atoms with Gasteiger partial charge in [0.05, 0.1) is 10.6 Å². The molecule has 3 saturated heterocycles. The van der Waals surface area contributed by atoms with Crippen LogP contribution in [-0.4, -0.2) is 78.7 Å². The highest BCUT2D eigenvalue weighted by molar-refractivity contribution is 7.52. The summed E-state index contributed by atoms with van der Waals surface area (Å²) in [6.45, 7) is 1.16. The number of rotatable bonds is 6. The van der Waals surface area contributed by atoms with Crippen molar-refractivity contribution in [1.82, 2.24) is 25.3 Å². The third-order valence-corrected chi connectivity index (χ3v) is 12.8. The molecule has 4 fully saturated rings. The van der Waals surface area contributed by atoms with Crippen LogP contribution in [0.25, 0.3) is 10.1 Å². The van der Waals surface area contributed by atoms with Crippen molar-refractivity contribution in [1.29, 1.82) is 0 Å². The number of alkyl halides is 2. The summed E-state index contributed by atoms with van der Waals surface area (Å²) in [6, 6.07) is 3.16. The van der Waals surface area contributed by atoms with Crippen LogP contribution in [0.4, 0.5) is 8.78 Å². The van der Waals surface area contributed by atoms with Gasteiger partial charge in [-0.3, -0.25) is 24.0 Å². The molecule has 8 rings (SSSR count). The number of amides is 3. The molecule has 0 bridgehead atoms. The van der Waals surface area contributed by atoms with Crippen LogP contribution in [-0.2, 0) is 32.7 Å². The summed E-state index contributed by atoms with van der Waals surface area (Å²) in [7, 11) is -5.75. The summed E-state index contributed by atoms with van der Waals surface area (Å²) >= 11 is 1.04. The molecule has 244 valence electrons. The monoisotopic (exact) mass is 673 g/mol. The van der Waals surface area contributed by atoms with Gasteiger partial charge in [0, 0.05) is 41.0 Å². The minimum Gasteiger partial charge on any atom is -0.340 e. The molecule has 1 aromatic carbocycles. The van der Waals surface area contributed by atoms with Crippen LogP contribution >= 0.6 is 18.9 Å². The van der Waals surface area contributed by atoms with Gasteiger partial charge in [0.15, 0.2) is 0 Å². The van der Waals surface area contributed by atoms with Crippen molar-refractivity contribution >= 4 is 46.7 Å². The Labute approximate surface area is 266 Å². The molecular weight excluding hydrogens is 639 g/mol. The Morgan fingerprint density at radius 1 is 1.09 bits per heavy atom. The third-order valence-electron chi connectivity index (χ3n) is 10.7. The van der Waals surface area contributed by atoms with Gasteiger partial charge in [0.25, 0.3) is 5.91 Å². The molecule has 15 heteroatoms. The van der Waals surface area contributed by atoms with E-state index in [1.807, 2.05) is 4.90 Å². The van der Waals surface area contributed by atoms with Gasteiger partial charge in [0.1, 0.15) is 12.1 Å². The number of halogens is 2. The minimum atomic E-state index is -5.75. The molecule has 2 aliphatic carbocycles. The summed E-state index contributed by atoms with van der Waals surface area (Å²) in [4.78, 5) is 63.4. The zero-order valence-corrected chi connectivity index (χ0v) is 26.5. The Kier molecular flexibility index (Phi) is 6.99. The Bertz CT molecular complexity index is 1820. The maximum absolute atomic E-state index is 14.3. The van der Waals surface area contributed by atoms with E-state index in [1.165, 1.54) is 23.4 Å². The normalized spacial score (nSPS) is 27.9. The van der Waals surface area contributed by atoms with E-state index in [1.54, 1.807) is 4.90 Å². The topological polar surface area (TPSA) is 156 Å². The lowest BCUT2D eigenvalue weighted by atomic mass is 9.92. The lowest BCUT2D eigenvalue weighted by Gasteiger charge is -2.42. The number of thiophene rings is 1. The second-order valence-corrected chi connectivity index (χ2v) is 16.3. The van der Waals surface area contributed by atoms with Gasteiger partial charge in [-0.25, -0.2) is 0 Å². The van der Waals surface area contributed by atoms with Crippen LogP contribution in [0.15, 0.2) is 24.3 Å². The smallest absolute Gasteiger partial charge is 0.340 e. The van der Waals surface area contributed by atoms with Gasteiger partial charge >= 0.3 is 13.3 Å². The number of hydrogen-bond acceptors (Lipinski definition) is 6. The van der Waals surface area contributed by atoms with Crippen molar-refractivity contribution in [3.63, 3.8) is 0 Å². The Morgan fingerprint density at radius 2 is 1.87 bits per heavy atom. The fraction of sp³-hybridized carbons (Fsp3) is 0.548. The number of benzene rings is 1. The summed E-state index contributed by atoms with van der Waals surface area (Å²) < 4.78 is 40.5. The zero-order chi connectivity index (χ0) is 32.1. The fourth-order valence-electron chi connectivity index (χ4n) is 8.10. The number of carbonyl (C=O) groups is 3. The lowest BCUT2D eigenvalue weighted by Crippen LogP contribution is -2.59. The number of aromatic nitrogens is 2. The van der Waals surface area contributed by atoms with Crippen molar-refractivity contribution in [2.45, 2.75) is 81.1 Å². The average Bonchev–Trinajstić information content (AvgIpc) is 3.45. The van der Waals surface area contributed by atoms with E-state index in [-0.39, 0.29) is 34.0 Å². The second-order valence-electron chi connectivity index (χ2n) is 13.6. The number of nitrogens with zero attached hydrogens (tertiary/aromatic N) is 3. The number of fused-ring (bicyclic) bond motifs is 4. The highest BCUT2D eigenvalue weighted by Crippen LogP contribution is 2.59. The highest BCUT2D eigenvalue weighted by Gasteiger charge is 2.53. The second kappa shape index (κ2) is 10.7. The molecule has 5 heterocycles. The maximum Gasteiger partial charge on any atom is 0.399 e. The molecule has 4 N–H and O–H groups in total. The first kappa shape index (κ1) is 30.2. The number of carbonyl (C=O) groups excluding carboxylic acids is 3. The predicted octanol–water partition coefficient (Wildman–Crippen LogP) is 3.85. The molecule has 0 spiro atoms. The summed E-state index contributed by atoms with van der Waals surface area (Å²) in [5.74, 6) is 0.120. The number of likely N-dealkylation sites (tertiary alicyclic amines) is 1. The van der Waals surface area contributed by atoms with E-state index in [0.717, 1.165) is 67.7 Å². The lowest BCUT2D eigenvalue weighted by molar-refractivity contribution is -0.149. The molecule has 3 amide bonds. The largest absolute Gasteiger partial charge is 0.399 e. The number of H-pyrrole nitrogens is 1. The molecule has 2 aromatic heterocycles. The van der Waals surface area contributed by atoms with Crippen molar-refractivity contribution in [2.24, 2.45) is 11.8 Å². The fourth-order valence-corrected chi connectivity index (χ4v) is 9.52. The maximum atomic E-state index is 14.3. The van der Waals surface area contributed by atoms with E-state index in [9.17, 15) is 27.7 Å². The van der Waals surface area contributed by atoms with Crippen LogP contribution in [0.5, 0.6) is 0 Å². The van der Waals surface area contributed by atoms with E-state index < -0.39 is 36.8 Å². The number of aryl methyl sites for hydroxylation is 1. The molecule has 0 unspecified atom stereocenters. The molecule has 3 aliphatic heterocycles. The molecule has 46 heavy (non-hydrogen) atoms. The van der Waals surface area contributed by atoms with Crippen molar-refractivity contribution in [3.8, 4) is 0 Å². The van der Waals surface area contributed by atoms with Crippen LogP contribution in [0.3, 0.4) is 0 Å². The quantitative estimate of drug-likeness (QED) is 0.290. The van der Waals surface area contributed by atoms with E-state index >= 15 is 0 Å².